The van der Waals surface area contributed by atoms with Crippen molar-refractivity contribution in [1.82, 2.24) is 4.31 Å². The number of esters is 1. The minimum Gasteiger partial charge on any atom is -0.469 e. The van der Waals surface area contributed by atoms with Gasteiger partial charge in [0.2, 0.25) is 0 Å². The summed E-state index contributed by atoms with van der Waals surface area (Å²) < 4.78 is 19.8. The number of ether oxygens (including phenoxy) is 1. The van der Waals surface area contributed by atoms with Crippen molar-refractivity contribution >= 4 is 28.6 Å². The Morgan fingerprint density at radius 2 is 2.22 bits per heavy atom. The number of benzene rings is 1. The van der Waals surface area contributed by atoms with Gasteiger partial charge in [0.1, 0.15) is 11.0 Å². The molecule has 1 fully saturated rings. The monoisotopic (exact) mass is 357 g/mol. The second-order valence-electron chi connectivity index (χ2n) is 5.89. The summed E-state index contributed by atoms with van der Waals surface area (Å²) in [5.74, 6) is -0.185. The van der Waals surface area contributed by atoms with E-state index in [1.807, 2.05) is 19.1 Å². The lowest BCUT2D eigenvalue weighted by Crippen LogP contribution is -2.41. The van der Waals surface area contributed by atoms with Gasteiger partial charge in [-0.05, 0) is 44.2 Å². The molecule has 2 rings (SSSR count). The van der Waals surface area contributed by atoms with Crippen molar-refractivity contribution in [3.8, 4) is 0 Å². The summed E-state index contributed by atoms with van der Waals surface area (Å²) in [6, 6.07) is 5.83. The summed E-state index contributed by atoms with van der Waals surface area (Å²) in [4.78, 5) is 12.0. The van der Waals surface area contributed by atoms with Crippen LogP contribution in [0.25, 0.3) is 0 Å². The van der Waals surface area contributed by atoms with Crippen LogP contribution < -0.4 is 0 Å². The first-order valence-corrected chi connectivity index (χ1v) is 9.53. The number of carbonyl (C=O) groups excluding carboxylic acids is 1. The molecule has 1 heterocycles. The highest BCUT2D eigenvalue weighted by Gasteiger charge is 2.29. The summed E-state index contributed by atoms with van der Waals surface area (Å²) in [6.45, 7) is 2.75. The Morgan fingerprint density at radius 1 is 1.43 bits per heavy atom. The van der Waals surface area contributed by atoms with Crippen molar-refractivity contribution in [1.29, 1.82) is 0 Å². The Labute approximate surface area is 145 Å². The molecule has 0 saturated carbocycles. The average molecular weight is 358 g/mol. The third-order valence-corrected chi connectivity index (χ3v) is 6.50. The molecule has 1 aromatic rings. The van der Waals surface area contributed by atoms with Gasteiger partial charge in [-0.25, -0.2) is 8.51 Å². The molecule has 0 radical (unpaired) electrons. The summed E-state index contributed by atoms with van der Waals surface area (Å²) in [5.41, 5.74) is 0.953. The van der Waals surface area contributed by atoms with E-state index < -0.39 is 11.0 Å². The number of hydrogen-bond acceptors (Lipinski definition) is 3. The Bertz CT molecular complexity index is 559. The number of piperidine rings is 1. The number of aryl methyl sites for hydroxylation is 1. The van der Waals surface area contributed by atoms with Gasteiger partial charge >= 0.3 is 5.97 Å². The van der Waals surface area contributed by atoms with Crippen LogP contribution in [-0.2, 0) is 20.5 Å². The van der Waals surface area contributed by atoms with E-state index in [2.05, 4.69) is 9.04 Å². The Balaban J connectivity index is 2.08. The van der Waals surface area contributed by atoms with Crippen molar-refractivity contribution in [3.63, 3.8) is 0 Å². The second-order valence-corrected chi connectivity index (χ2v) is 7.68. The fraction of sp³-hybridized carbons (Fsp3) is 0.588. The van der Waals surface area contributed by atoms with Gasteiger partial charge in [-0.15, -0.1) is 0 Å². The van der Waals surface area contributed by atoms with E-state index in [1.165, 1.54) is 7.11 Å². The standard InChI is InChI=1S/C17H24ClNO3S/c1-13-7-5-10-15(18)17(13)23(21)19-12-4-3-8-14(19)9-6-11-16(20)22-2/h5,7,10,14H,3-4,6,8-9,11-12H2,1-2H3. The molecule has 1 saturated heterocycles. The summed E-state index contributed by atoms with van der Waals surface area (Å²) in [7, 11) is 0.153. The Hall–Kier alpha value is -0.910. The lowest BCUT2D eigenvalue weighted by atomic mass is 10.00. The highest BCUT2D eigenvalue weighted by Crippen LogP contribution is 2.30. The maximum Gasteiger partial charge on any atom is 0.305 e. The van der Waals surface area contributed by atoms with Gasteiger partial charge in [-0.1, -0.05) is 30.2 Å². The lowest BCUT2D eigenvalue weighted by Gasteiger charge is -2.34. The van der Waals surface area contributed by atoms with Crippen molar-refractivity contribution < 1.29 is 13.7 Å². The minimum atomic E-state index is -1.25. The molecule has 1 aliphatic rings. The molecule has 1 aromatic carbocycles. The largest absolute Gasteiger partial charge is 0.469 e. The molecule has 0 bridgehead atoms. The fourth-order valence-corrected chi connectivity index (χ4v) is 5.03. The SMILES string of the molecule is COC(=O)CCCC1CCCCN1S(=O)c1c(C)cccc1Cl. The molecule has 1 aliphatic heterocycles. The van der Waals surface area contributed by atoms with Crippen LogP contribution in [0.4, 0.5) is 0 Å². The Kier molecular flexibility index (Phi) is 7.06. The molecule has 0 spiro atoms. The molecule has 4 nitrogen and oxygen atoms in total. The zero-order valence-electron chi connectivity index (χ0n) is 13.7. The van der Waals surface area contributed by atoms with Crippen molar-refractivity contribution in [2.45, 2.75) is 56.4 Å². The van der Waals surface area contributed by atoms with E-state index in [4.69, 9.17) is 11.6 Å². The number of methoxy groups -OCH3 is 1. The molecule has 2 atom stereocenters. The van der Waals surface area contributed by atoms with E-state index in [9.17, 15) is 9.00 Å². The molecule has 0 amide bonds. The second kappa shape index (κ2) is 8.81. The molecule has 0 aromatic heterocycles. The van der Waals surface area contributed by atoms with Gasteiger partial charge in [-0.3, -0.25) is 4.79 Å². The average Bonchev–Trinajstić information content (AvgIpc) is 2.54. The first-order chi connectivity index (χ1) is 11.0. The van der Waals surface area contributed by atoms with Crippen molar-refractivity contribution in [2.24, 2.45) is 0 Å². The summed E-state index contributed by atoms with van der Waals surface area (Å²) in [6.07, 6.45) is 5.22. The van der Waals surface area contributed by atoms with Gasteiger partial charge in [0.05, 0.1) is 17.0 Å². The quantitative estimate of drug-likeness (QED) is 0.726. The van der Waals surface area contributed by atoms with Crippen LogP contribution in [0, 0.1) is 6.92 Å². The van der Waals surface area contributed by atoms with Gasteiger partial charge < -0.3 is 4.74 Å². The summed E-state index contributed by atoms with van der Waals surface area (Å²) in [5, 5.41) is 0.558. The van der Waals surface area contributed by atoms with E-state index >= 15 is 0 Å². The number of hydrogen-bond donors (Lipinski definition) is 0. The molecule has 128 valence electrons. The van der Waals surface area contributed by atoms with Crippen LogP contribution in [0.2, 0.25) is 5.02 Å². The third-order valence-electron chi connectivity index (χ3n) is 4.27. The molecule has 23 heavy (non-hydrogen) atoms. The number of carbonyl (C=O) groups is 1. The maximum absolute atomic E-state index is 13.1. The van der Waals surface area contributed by atoms with E-state index in [0.29, 0.717) is 16.3 Å². The number of halogens is 1. The number of rotatable bonds is 6. The van der Waals surface area contributed by atoms with E-state index in [-0.39, 0.29) is 12.0 Å². The van der Waals surface area contributed by atoms with Crippen LogP contribution in [0.5, 0.6) is 0 Å². The molecule has 0 aliphatic carbocycles. The van der Waals surface area contributed by atoms with Crippen molar-refractivity contribution in [2.75, 3.05) is 13.7 Å². The van der Waals surface area contributed by atoms with E-state index in [1.54, 1.807) is 6.07 Å². The van der Waals surface area contributed by atoms with Crippen LogP contribution in [0.3, 0.4) is 0 Å². The highest BCUT2D eigenvalue weighted by molar-refractivity contribution is 7.82. The lowest BCUT2D eigenvalue weighted by molar-refractivity contribution is -0.140. The predicted molar refractivity (Wildman–Crippen MR) is 92.8 cm³/mol. The maximum atomic E-state index is 13.1. The normalized spacial score (nSPS) is 20.2. The smallest absolute Gasteiger partial charge is 0.305 e. The van der Waals surface area contributed by atoms with Gasteiger partial charge in [0.25, 0.3) is 0 Å². The van der Waals surface area contributed by atoms with Crippen LogP contribution in [-0.4, -0.2) is 34.2 Å². The number of nitrogens with zero attached hydrogens (tertiary/aromatic N) is 1. The van der Waals surface area contributed by atoms with Crippen molar-refractivity contribution in [3.05, 3.63) is 28.8 Å². The zero-order valence-corrected chi connectivity index (χ0v) is 15.3. The minimum absolute atomic E-state index is 0.185. The van der Waals surface area contributed by atoms with E-state index in [0.717, 1.165) is 44.2 Å². The first-order valence-electron chi connectivity index (χ1n) is 8.05. The molecular formula is C17H24ClNO3S. The molecule has 6 heteroatoms. The third kappa shape index (κ3) is 4.78. The van der Waals surface area contributed by atoms with Crippen LogP contribution >= 0.6 is 11.6 Å². The molecule has 2 unspecified atom stereocenters. The first kappa shape index (κ1) is 18.4. The zero-order chi connectivity index (χ0) is 16.8. The fourth-order valence-electron chi connectivity index (χ4n) is 3.02. The molecular weight excluding hydrogens is 334 g/mol. The Morgan fingerprint density at radius 3 is 2.91 bits per heavy atom. The van der Waals surface area contributed by atoms with Gasteiger partial charge in [0.15, 0.2) is 0 Å². The van der Waals surface area contributed by atoms with Crippen LogP contribution in [0.15, 0.2) is 23.1 Å². The summed E-state index contributed by atoms with van der Waals surface area (Å²) >= 11 is 6.28. The highest BCUT2D eigenvalue weighted by atomic mass is 35.5. The van der Waals surface area contributed by atoms with Gasteiger partial charge in [-0.2, -0.15) is 0 Å². The topological polar surface area (TPSA) is 46.6 Å². The predicted octanol–water partition coefficient (Wildman–Crippen LogP) is 3.87. The van der Waals surface area contributed by atoms with Gasteiger partial charge in [0, 0.05) is 19.0 Å². The molecule has 0 N–H and O–H groups in total. The van der Waals surface area contributed by atoms with Crippen LogP contribution in [0.1, 0.15) is 44.1 Å².